The van der Waals surface area contributed by atoms with Gasteiger partial charge < -0.3 is 9.64 Å². The maximum atomic E-state index is 5.56. The van der Waals surface area contributed by atoms with Crippen molar-refractivity contribution >= 4 is 10.9 Å². The van der Waals surface area contributed by atoms with Crippen LogP contribution >= 0.6 is 0 Å². The summed E-state index contributed by atoms with van der Waals surface area (Å²) in [5.41, 5.74) is 3.50. The lowest BCUT2D eigenvalue weighted by atomic mass is 10.1. The molecule has 0 unspecified atom stereocenters. The molecular weight excluding hydrogens is 236 g/mol. The molecule has 0 aliphatic carbocycles. The highest BCUT2D eigenvalue weighted by Crippen LogP contribution is 2.19. The first-order valence-corrected chi connectivity index (χ1v) is 6.79. The van der Waals surface area contributed by atoms with E-state index < -0.39 is 0 Å². The number of para-hydroxylation sites is 1. The van der Waals surface area contributed by atoms with Crippen molar-refractivity contribution in [2.45, 2.75) is 26.5 Å². The highest BCUT2D eigenvalue weighted by Gasteiger charge is 2.04. The van der Waals surface area contributed by atoms with Crippen LogP contribution in [0, 0.1) is 0 Å². The van der Waals surface area contributed by atoms with Gasteiger partial charge in [0.15, 0.2) is 0 Å². The monoisotopic (exact) mass is 258 g/mol. The molecule has 0 saturated carbocycles. The van der Waals surface area contributed by atoms with E-state index in [0.29, 0.717) is 6.61 Å². The molecule has 0 saturated heterocycles. The van der Waals surface area contributed by atoms with Crippen molar-refractivity contribution < 1.29 is 4.74 Å². The fourth-order valence-electron chi connectivity index (χ4n) is 2.15. The van der Waals surface area contributed by atoms with E-state index in [2.05, 4.69) is 55.2 Å². The van der Waals surface area contributed by atoms with Crippen LogP contribution in [0.3, 0.4) is 0 Å². The number of rotatable bonds is 6. The summed E-state index contributed by atoms with van der Waals surface area (Å²) in [7, 11) is 4.15. The molecule has 0 fully saturated rings. The molecule has 0 aliphatic heterocycles. The van der Waals surface area contributed by atoms with Crippen LogP contribution in [0.25, 0.3) is 10.9 Å². The molecule has 0 N–H and O–H groups in total. The minimum Gasteiger partial charge on any atom is -0.377 e. The van der Waals surface area contributed by atoms with Gasteiger partial charge in [-0.25, -0.2) is 0 Å². The zero-order valence-electron chi connectivity index (χ0n) is 12.0. The molecule has 19 heavy (non-hydrogen) atoms. The largest absolute Gasteiger partial charge is 0.377 e. The Bertz CT molecular complexity index is 537. The zero-order chi connectivity index (χ0) is 13.7. The van der Waals surface area contributed by atoms with Gasteiger partial charge in [-0.15, -0.1) is 0 Å². The Balaban J connectivity index is 2.23. The Morgan fingerprint density at radius 2 is 2.11 bits per heavy atom. The van der Waals surface area contributed by atoms with Crippen LogP contribution in [-0.4, -0.2) is 30.6 Å². The molecule has 0 amide bonds. The number of nitrogens with zero attached hydrogens (tertiary/aromatic N) is 2. The summed E-state index contributed by atoms with van der Waals surface area (Å²) in [6.07, 6.45) is 2.98. The van der Waals surface area contributed by atoms with Gasteiger partial charge in [0.1, 0.15) is 0 Å². The third kappa shape index (κ3) is 3.75. The number of pyridine rings is 1. The first-order chi connectivity index (χ1) is 9.20. The number of hydrogen-bond acceptors (Lipinski definition) is 3. The number of ether oxygens (including phenoxy) is 1. The van der Waals surface area contributed by atoms with Crippen LogP contribution < -0.4 is 0 Å². The first kappa shape index (κ1) is 14.0. The van der Waals surface area contributed by atoms with Gasteiger partial charge in [0.2, 0.25) is 0 Å². The Morgan fingerprint density at radius 1 is 1.26 bits per heavy atom. The number of aromatic nitrogens is 1. The molecule has 2 aromatic rings. The van der Waals surface area contributed by atoms with Gasteiger partial charge in [0.25, 0.3) is 0 Å². The summed E-state index contributed by atoms with van der Waals surface area (Å²) >= 11 is 0. The fourth-order valence-corrected chi connectivity index (χ4v) is 2.15. The van der Waals surface area contributed by atoms with Crippen LogP contribution in [0.1, 0.15) is 24.5 Å². The van der Waals surface area contributed by atoms with Gasteiger partial charge in [-0.3, -0.25) is 4.98 Å². The summed E-state index contributed by atoms with van der Waals surface area (Å²) in [6.45, 7) is 4.48. The quantitative estimate of drug-likeness (QED) is 0.744. The van der Waals surface area contributed by atoms with Crippen molar-refractivity contribution in [1.82, 2.24) is 9.88 Å². The van der Waals surface area contributed by atoms with E-state index in [0.717, 1.165) is 30.7 Å². The minimum atomic E-state index is 0.648. The maximum absolute atomic E-state index is 5.56. The molecule has 1 aromatic carbocycles. The molecule has 0 bridgehead atoms. The second-order valence-corrected chi connectivity index (χ2v) is 5.12. The van der Waals surface area contributed by atoms with E-state index in [9.17, 15) is 0 Å². The van der Waals surface area contributed by atoms with E-state index in [-0.39, 0.29) is 0 Å². The molecule has 2 rings (SSSR count). The molecule has 0 radical (unpaired) electrons. The van der Waals surface area contributed by atoms with E-state index in [1.807, 2.05) is 6.20 Å². The average Bonchev–Trinajstić information content (AvgIpc) is 2.38. The number of fused-ring (bicyclic) bond motifs is 1. The standard InChI is InChI=1S/C16H22N2O/c1-4-8-19-12-13-9-14-6-5-7-15(11-18(2)3)16(14)17-10-13/h5-7,9-10H,4,8,11-12H2,1-3H3. The molecular formula is C16H22N2O. The Kier molecular flexibility index (Phi) is 4.88. The molecule has 102 valence electrons. The predicted octanol–water partition coefficient (Wildman–Crippen LogP) is 3.22. The van der Waals surface area contributed by atoms with Crippen molar-refractivity contribution in [3.63, 3.8) is 0 Å². The van der Waals surface area contributed by atoms with E-state index >= 15 is 0 Å². The van der Waals surface area contributed by atoms with Crippen molar-refractivity contribution in [2.75, 3.05) is 20.7 Å². The van der Waals surface area contributed by atoms with Crippen LogP contribution in [0.15, 0.2) is 30.5 Å². The van der Waals surface area contributed by atoms with Gasteiger partial charge in [0, 0.05) is 24.7 Å². The van der Waals surface area contributed by atoms with Gasteiger partial charge >= 0.3 is 0 Å². The first-order valence-electron chi connectivity index (χ1n) is 6.79. The predicted molar refractivity (Wildman–Crippen MR) is 79.1 cm³/mol. The number of hydrogen-bond donors (Lipinski definition) is 0. The van der Waals surface area contributed by atoms with Gasteiger partial charge in [-0.1, -0.05) is 25.1 Å². The highest BCUT2D eigenvalue weighted by atomic mass is 16.5. The SMILES string of the molecule is CCCOCc1cnc2c(CN(C)C)cccc2c1. The van der Waals surface area contributed by atoms with Crippen molar-refractivity contribution in [2.24, 2.45) is 0 Å². The number of benzene rings is 1. The van der Waals surface area contributed by atoms with Crippen LogP contribution in [0.5, 0.6) is 0 Å². The third-order valence-corrected chi connectivity index (χ3v) is 2.95. The topological polar surface area (TPSA) is 25.4 Å². The lowest BCUT2D eigenvalue weighted by molar-refractivity contribution is 0.121. The molecule has 0 spiro atoms. The smallest absolute Gasteiger partial charge is 0.0747 e. The summed E-state index contributed by atoms with van der Waals surface area (Å²) in [5.74, 6) is 0. The summed E-state index contributed by atoms with van der Waals surface area (Å²) in [6, 6.07) is 8.53. The van der Waals surface area contributed by atoms with Crippen LogP contribution in [-0.2, 0) is 17.9 Å². The summed E-state index contributed by atoms with van der Waals surface area (Å²) in [4.78, 5) is 6.77. The molecule has 1 heterocycles. The second kappa shape index (κ2) is 6.64. The Hall–Kier alpha value is -1.45. The van der Waals surface area contributed by atoms with Crippen molar-refractivity contribution in [3.8, 4) is 0 Å². The van der Waals surface area contributed by atoms with Crippen LogP contribution in [0.4, 0.5) is 0 Å². The molecule has 3 nitrogen and oxygen atoms in total. The van der Waals surface area contributed by atoms with Gasteiger partial charge in [-0.2, -0.15) is 0 Å². The summed E-state index contributed by atoms with van der Waals surface area (Å²) in [5, 5.41) is 1.19. The normalized spacial score (nSPS) is 11.4. The van der Waals surface area contributed by atoms with Crippen molar-refractivity contribution in [1.29, 1.82) is 0 Å². The average molecular weight is 258 g/mol. The van der Waals surface area contributed by atoms with E-state index in [1.165, 1.54) is 10.9 Å². The van der Waals surface area contributed by atoms with E-state index in [1.54, 1.807) is 0 Å². The highest BCUT2D eigenvalue weighted by molar-refractivity contribution is 5.82. The van der Waals surface area contributed by atoms with E-state index in [4.69, 9.17) is 4.74 Å². The second-order valence-electron chi connectivity index (χ2n) is 5.12. The Labute approximate surface area is 115 Å². The minimum absolute atomic E-state index is 0.648. The van der Waals surface area contributed by atoms with Crippen molar-refractivity contribution in [3.05, 3.63) is 41.6 Å². The third-order valence-electron chi connectivity index (χ3n) is 2.95. The van der Waals surface area contributed by atoms with Gasteiger partial charge in [-0.05, 0) is 37.7 Å². The lowest BCUT2D eigenvalue weighted by Crippen LogP contribution is -2.11. The fraction of sp³-hybridized carbons (Fsp3) is 0.438. The maximum Gasteiger partial charge on any atom is 0.0747 e. The zero-order valence-corrected chi connectivity index (χ0v) is 12.0. The summed E-state index contributed by atoms with van der Waals surface area (Å²) < 4.78 is 5.56. The lowest BCUT2D eigenvalue weighted by Gasteiger charge is -2.12. The Morgan fingerprint density at radius 3 is 2.84 bits per heavy atom. The molecule has 0 atom stereocenters. The van der Waals surface area contributed by atoms with Crippen LogP contribution in [0.2, 0.25) is 0 Å². The van der Waals surface area contributed by atoms with Gasteiger partial charge in [0.05, 0.1) is 12.1 Å². The molecule has 3 heteroatoms. The molecule has 1 aromatic heterocycles. The molecule has 0 aliphatic rings.